The Kier molecular flexibility index (Phi) is 5.16. The molecule has 3 heteroatoms. The lowest BCUT2D eigenvalue weighted by molar-refractivity contribution is 0.103. The van der Waals surface area contributed by atoms with Crippen LogP contribution < -0.4 is 0 Å². The minimum atomic E-state index is 0.124. The predicted molar refractivity (Wildman–Crippen MR) is 75.2 cm³/mol. The molecular formula is C13H16OS2. The molecule has 0 spiro atoms. The molecule has 0 radical (unpaired) electrons. The molecule has 1 aromatic rings. The summed E-state index contributed by atoms with van der Waals surface area (Å²) in [5.74, 6) is 0.124. The van der Waals surface area contributed by atoms with Crippen LogP contribution in [0.25, 0.3) is 0 Å². The van der Waals surface area contributed by atoms with E-state index in [4.69, 9.17) is 0 Å². The molecule has 0 saturated carbocycles. The van der Waals surface area contributed by atoms with Gasteiger partial charge in [-0.25, -0.2) is 0 Å². The molecule has 0 N–H and O–H groups in total. The maximum absolute atomic E-state index is 12.1. The van der Waals surface area contributed by atoms with Crippen LogP contribution in [-0.4, -0.2) is 18.3 Å². The van der Waals surface area contributed by atoms with Crippen molar-refractivity contribution in [2.24, 2.45) is 0 Å². The van der Waals surface area contributed by atoms with Gasteiger partial charge in [-0.2, -0.15) is 0 Å². The van der Waals surface area contributed by atoms with Gasteiger partial charge >= 0.3 is 0 Å². The fourth-order valence-electron chi connectivity index (χ4n) is 1.40. The summed E-state index contributed by atoms with van der Waals surface area (Å²) < 4.78 is 1.09. The Labute approximate surface area is 106 Å². The molecule has 0 heterocycles. The SMILES string of the molecule is CSC(SC)=C(C)C(=O)c1ccc(C)cc1. The van der Waals surface area contributed by atoms with Crippen molar-refractivity contribution in [3.63, 3.8) is 0 Å². The molecule has 0 aliphatic carbocycles. The third-order valence-electron chi connectivity index (χ3n) is 2.33. The Hall–Kier alpha value is -0.670. The first-order valence-electron chi connectivity index (χ1n) is 5.00. The van der Waals surface area contributed by atoms with Gasteiger partial charge in [-0.05, 0) is 26.4 Å². The second kappa shape index (κ2) is 6.16. The number of aryl methyl sites for hydroxylation is 1. The summed E-state index contributed by atoms with van der Waals surface area (Å²) in [6.45, 7) is 3.91. The average molecular weight is 252 g/mol. The molecule has 0 aromatic heterocycles. The molecule has 0 aliphatic rings. The monoisotopic (exact) mass is 252 g/mol. The van der Waals surface area contributed by atoms with E-state index in [1.54, 1.807) is 23.5 Å². The summed E-state index contributed by atoms with van der Waals surface area (Å²) in [7, 11) is 0. The van der Waals surface area contributed by atoms with Crippen LogP contribution in [0.1, 0.15) is 22.8 Å². The molecule has 86 valence electrons. The van der Waals surface area contributed by atoms with E-state index in [1.165, 1.54) is 5.56 Å². The summed E-state index contributed by atoms with van der Waals surface area (Å²) >= 11 is 3.25. The van der Waals surface area contributed by atoms with Crippen LogP contribution in [0.4, 0.5) is 0 Å². The summed E-state index contributed by atoms with van der Waals surface area (Å²) in [4.78, 5) is 12.1. The van der Waals surface area contributed by atoms with Gasteiger partial charge in [0.05, 0.1) is 0 Å². The van der Waals surface area contributed by atoms with Crippen LogP contribution in [0.5, 0.6) is 0 Å². The zero-order valence-electron chi connectivity index (χ0n) is 10.0. The first-order valence-corrected chi connectivity index (χ1v) is 7.45. The normalized spacial score (nSPS) is 10.0. The molecule has 1 nitrogen and oxygen atoms in total. The molecule has 0 aliphatic heterocycles. The number of carbonyl (C=O) groups is 1. The quantitative estimate of drug-likeness (QED) is 0.592. The van der Waals surface area contributed by atoms with Crippen LogP contribution in [0, 0.1) is 6.92 Å². The third-order valence-corrected chi connectivity index (χ3v) is 4.69. The number of hydrogen-bond donors (Lipinski definition) is 0. The van der Waals surface area contributed by atoms with Crippen molar-refractivity contribution in [1.29, 1.82) is 0 Å². The molecule has 0 saturated heterocycles. The molecule has 0 amide bonds. The summed E-state index contributed by atoms with van der Waals surface area (Å²) in [6, 6.07) is 7.72. The molecule has 16 heavy (non-hydrogen) atoms. The van der Waals surface area contributed by atoms with Crippen LogP contribution in [0.2, 0.25) is 0 Å². The van der Waals surface area contributed by atoms with Crippen LogP contribution in [0.3, 0.4) is 0 Å². The maximum Gasteiger partial charge on any atom is 0.190 e. The van der Waals surface area contributed by atoms with Gasteiger partial charge < -0.3 is 0 Å². The van der Waals surface area contributed by atoms with E-state index in [2.05, 4.69) is 0 Å². The maximum atomic E-state index is 12.1. The Balaban J connectivity index is 3.02. The van der Waals surface area contributed by atoms with Crippen molar-refractivity contribution >= 4 is 29.3 Å². The molecule has 1 rings (SSSR count). The fourth-order valence-corrected chi connectivity index (χ4v) is 2.87. The Morgan fingerprint density at radius 3 is 2.00 bits per heavy atom. The van der Waals surface area contributed by atoms with Crippen LogP contribution in [-0.2, 0) is 0 Å². The molecule has 0 fully saturated rings. The predicted octanol–water partition coefficient (Wildman–Crippen LogP) is 4.14. The highest BCUT2D eigenvalue weighted by molar-refractivity contribution is 8.21. The highest BCUT2D eigenvalue weighted by Crippen LogP contribution is 2.28. The molecule has 0 atom stereocenters. The minimum Gasteiger partial charge on any atom is -0.289 e. The smallest absolute Gasteiger partial charge is 0.190 e. The van der Waals surface area contributed by atoms with E-state index in [0.717, 1.165) is 15.4 Å². The summed E-state index contributed by atoms with van der Waals surface area (Å²) in [5.41, 5.74) is 2.78. The molecular weight excluding hydrogens is 236 g/mol. The zero-order chi connectivity index (χ0) is 12.1. The summed E-state index contributed by atoms with van der Waals surface area (Å²) in [5, 5.41) is 0. The Morgan fingerprint density at radius 1 is 1.06 bits per heavy atom. The van der Waals surface area contributed by atoms with E-state index in [9.17, 15) is 4.79 Å². The number of benzene rings is 1. The van der Waals surface area contributed by atoms with Crippen molar-refractivity contribution < 1.29 is 4.79 Å². The lowest BCUT2D eigenvalue weighted by atomic mass is 10.0. The topological polar surface area (TPSA) is 17.1 Å². The largest absolute Gasteiger partial charge is 0.289 e. The molecule has 1 aromatic carbocycles. The number of allylic oxidation sites excluding steroid dienone is 1. The number of ketones is 1. The van der Waals surface area contributed by atoms with E-state index in [-0.39, 0.29) is 5.78 Å². The van der Waals surface area contributed by atoms with Crippen LogP contribution >= 0.6 is 23.5 Å². The van der Waals surface area contributed by atoms with Gasteiger partial charge in [0.2, 0.25) is 0 Å². The highest BCUT2D eigenvalue weighted by Gasteiger charge is 2.11. The van der Waals surface area contributed by atoms with Crippen molar-refractivity contribution in [2.75, 3.05) is 12.5 Å². The number of thioether (sulfide) groups is 2. The first kappa shape index (κ1) is 13.4. The van der Waals surface area contributed by atoms with Gasteiger partial charge in [0.1, 0.15) is 0 Å². The van der Waals surface area contributed by atoms with Gasteiger partial charge in [-0.1, -0.05) is 29.8 Å². The van der Waals surface area contributed by atoms with Crippen molar-refractivity contribution in [3.05, 3.63) is 45.2 Å². The number of rotatable bonds is 4. The lowest BCUT2D eigenvalue weighted by Gasteiger charge is -2.06. The minimum absolute atomic E-state index is 0.124. The lowest BCUT2D eigenvalue weighted by Crippen LogP contribution is -2.01. The van der Waals surface area contributed by atoms with Gasteiger partial charge in [-0.3, -0.25) is 4.79 Å². The fraction of sp³-hybridized carbons (Fsp3) is 0.308. The van der Waals surface area contributed by atoms with Crippen molar-refractivity contribution in [1.82, 2.24) is 0 Å². The van der Waals surface area contributed by atoms with Gasteiger partial charge in [0.15, 0.2) is 5.78 Å². The standard InChI is InChI=1S/C13H16OS2/c1-9-5-7-11(8-6-9)12(14)10(2)13(15-3)16-4/h5-8H,1-4H3. The van der Waals surface area contributed by atoms with Crippen molar-refractivity contribution in [2.45, 2.75) is 13.8 Å². The number of hydrogen-bond acceptors (Lipinski definition) is 3. The molecule has 0 unspecified atom stereocenters. The van der Waals surface area contributed by atoms with E-state index in [0.29, 0.717) is 0 Å². The highest BCUT2D eigenvalue weighted by atomic mass is 32.2. The van der Waals surface area contributed by atoms with E-state index < -0.39 is 0 Å². The van der Waals surface area contributed by atoms with Gasteiger partial charge in [-0.15, -0.1) is 23.5 Å². The van der Waals surface area contributed by atoms with Gasteiger partial charge in [0, 0.05) is 15.4 Å². The van der Waals surface area contributed by atoms with E-state index >= 15 is 0 Å². The van der Waals surface area contributed by atoms with Crippen molar-refractivity contribution in [3.8, 4) is 0 Å². The summed E-state index contributed by atoms with van der Waals surface area (Å²) in [6.07, 6.45) is 4.00. The second-order valence-corrected chi connectivity index (χ2v) is 5.41. The Bertz CT molecular complexity index is 398. The first-order chi connectivity index (χ1) is 7.60. The third kappa shape index (κ3) is 3.16. The Morgan fingerprint density at radius 2 is 1.56 bits per heavy atom. The zero-order valence-corrected chi connectivity index (χ0v) is 11.7. The second-order valence-electron chi connectivity index (χ2n) is 3.52. The van der Waals surface area contributed by atoms with Crippen LogP contribution in [0.15, 0.2) is 34.1 Å². The van der Waals surface area contributed by atoms with E-state index in [1.807, 2.05) is 50.6 Å². The average Bonchev–Trinajstić information content (AvgIpc) is 2.30. The molecule has 0 bridgehead atoms. The number of Topliss-reactive ketones (excluding diaryl/α,β-unsaturated/α-hetero) is 1. The van der Waals surface area contributed by atoms with Gasteiger partial charge in [0.25, 0.3) is 0 Å². The number of carbonyl (C=O) groups excluding carboxylic acids is 1.